The smallest absolute Gasteiger partial charge is 0.214 e. The molecule has 1 aromatic carbocycles. The molecule has 1 atom stereocenters. The average Bonchev–Trinajstić information content (AvgIpc) is 2.40. The molecular weight excluding hydrogens is 224 g/mol. The molecule has 0 bridgehead atoms. The minimum absolute atomic E-state index is 0.00327. The van der Waals surface area contributed by atoms with Crippen LogP contribution in [-0.2, 0) is 6.54 Å². The standard InChI is InChI=1S/C15H18N2O/c1-12(13-7-4-3-5-8-13)18-15-10-6-9-14(17-15)11-16-2/h3-10,12,16H,11H2,1-2H3. The highest BCUT2D eigenvalue weighted by Gasteiger charge is 2.07. The maximum Gasteiger partial charge on any atom is 0.214 e. The number of nitrogens with one attached hydrogen (secondary N) is 1. The maximum absolute atomic E-state index is 5.85. The third-order valence-corrected chi connectivity index (χ3v) is 2.71. The zero-order valence-corrected chi connectivity index (χ0v) is 10.8. The van der Waals surface area contributed by atoms with Crippen molar-refractivity contribution in [3.05, 3.63) is 59.8 Å². The largest absolute Gasteiger partial charge is 0.470 e. The maximum atomic E-state index is 5.85. The van der Waals surface area contributed by atoms with E-state index in [0.29, 0.717) is 5.88 Å². The highest BCUT2D eigenvalue weighted by molar-refractivity contribution is 5.20. The molecule has 0 aliphatic rings. The molecule has 1 unspecified atom stereocenters. The van der Waals surface area contributed by atoms with Crippen molar-refractivity contribution in [2.75, 3.05) is 7.05 Å². The van der Waals surface area contributed by atoms with Crippen LogP contribution in [0.3, 0.4) is 0 Å². The van der Waals surface area contributed by atoms with Gasteiger partial charge in [-0.3, -0.25) is 0 Å². The van der Waals surface area contributed by atoms with E-state index >= 15 is 0 Å². The molecule has 94 valence electrons. The van der Waals surface area contributed by atoms with Crippen LogP contribution < -0.4 is 10.1 Å². The van der Waals surface area contributed by atoms with E-state index in [1.165, 1.54) is 0 Å². The van der Waals surface area contributed by atoms with Gasteiger partial charge in [-0.2, -0.15) is 0 Å². The molecule has 18 heavy (non-hydrogen) atoms. The fraction of sp³-hybridized carbons (Fsp3) is 0.267. The van der Waals surface area contributed by atoms with Gasteiger partial charge in [0, 0.05) is 12.6 Å². The normalized spacial score (nSPS) is 12.1. The van der Waals surface area contributed by atoms with Crippen LogP contribution in [0, 0.1) is 0 Å². The summed E-state index contributed by atoms with van der Waals surface area (Å²) in [5, 5.41) is 3.08. The van der Waals surface area contributed by atoms with E-state index in [1.54, 1.807) is 0 Å². The van der Waals surface area contributed by atoms with Crippen molar-refractivity contribution in [2.24, 2.45) is 0 Å². The highest BCUT2D eigenvalue weighted by atomic mass is 16.5. The first-order valence-corrected chi connectivity index (χ1v) is 6.11. The number of nitrogens with zero attached hydrogens (tertiary/aromatic N) is 1. The Morgan fingerprint density at radius 2 is 1.89 bits per heavy atom. The van der Waals surface area contributed by atoms with E-state index < -0.39 is 0 Å². The van der Waals surface area contributed by atoms with Crippen LogP contribution in [0.2, 0.25) is 0 Å². The molecule has 2 aromatic rings. The van der Waals surface area contributed by atoms with Gasteiger partial charge in [0.2, 0.25) is 5.88 Å². The fourth-order valence-corrected chi connectivity index (χ4v) is 1.78. The molecule has 1 heterocycles. The molecule has 0 saturated heterocycles. The van der Waals surface area contributed by atoms with E-state index in [4.69, 9.17) is 4.74 Å². The van der Waals surface area contributed by atoms with Gasteiger partial charge in [0.05, 0.1) is 5.69 Å². The molecule has 1 N–H and O–H groups in total. The summed E-state index contributed by atoms with van der Waals surface area (Å²) in [5.74, 6) is 0.666. The number of hydrogen-bond donors (Lipinski definition) is 1. The number of pyridine rings is 1. The summed E-state index contributed by atoms with van der Waals surface area (Å²) in [7, 11) is 1.90. The van der Waals surface area contributed by atoms with Crippen LogP contribution in [0.5, 0.6) is 5.88 Å². The summed E-state index contributed by atoms with van der Waals surface area (Å²) in [5.41, 5.74) is 2.13. The molecule has 0 aliphatic carbocycles. The number of rotatable bonds is 5. The Labute approximate surface area is 108 Å². The van der Waals surface area contributed by atoms with Crippen molar-refractivity contribution in [3.8, 4) is 5.88 Å². The van der Waals surface area contributed by atoms with E-state index in [9.17, 15) is 0 Å². The highest BCUT2D eigenvalue weighted by Crippen LogP contribution is 2.19. The van der Waals surface area contributed by atoms with Crippen molar-refractivity contribution in [1.29, 1.82) is 0 Å². The van der Waals surface area contributed by atoms with Gasteiger partial charge >= 0.3 is 0 Å². The molecule has 0 amide bonds. The van der Waals surface area contributed by atoms with Crippen molar-refractivity contribution < 1.29 is 4.74 Å². The zero-order valence-electron chi connectivity index (χ0n) is 10.8. The Balaban J connectivity index is 2.07. The van der Waals surface area contributed by atoms with Crippen molar-refractivity contribution in [3.63, 3.8) is 0 Å². The van der Waals surface area contributed by atoms with Crippen molar-refractivity contribution in [1.82, 2.24) is 10.3 Å². The second kappa shape index (κ2) is 6.17. The van der Waals surface area contributed by atoms with Gasteiger partial charge < -0.3 is 10.1 Å². The van der Waals surface area contributed by atoms with Crippen LogP contribution in [0.4, 0.5) is 0 Å². The molecular formula is C15H18N2O. The Bertz CT molecular complexity index is 485. The van der Waals surface area contributed by atoms with Gasteiger partial charge in [-0.25, -0.2) is 4.98 Å². The molecule has 2 rings (SSSR count). The lowest BCUT2D eigenvalue weighted by molar-refractivity contribution is 0.217. The molecule has 3 heteroatoms. The first kappa shape index (κ1) is 12.6. The van der Waals surface area contributed by atoms with Gasteiger partial charge in [0.15, 0.2) is 0 Å². The Morgan fingerprint density at radius 1 is 1.11 bits per heavy atom. The van der Waals surface area contributed by atoms with Gasteiger partial charge in [-0.05, 0) is 25.6 Å². The van der Waals surface area contributed by atoms with E-state index in [1.807, 2.05) is 50.4 Å². The summed E-state index contributed by atoms with van der Waals surface area (Å²) in [6.45, 7) is 2.78. The second-order valence-electron chi connectivity index (χ2n) is 4.17. The van der Waals surface area contributed by atoms with Gasteiger partial charge in [0.1, 0.15) is 6.10 Å². The topological polar surface area (TPSA) is 34.1 Å². The average molecular weight is 242 g/mol. The fourth-order valence-electron chi connectivity index (χ4n) is 1.78. The quantitative estimate of drug-likeness (QED) is 0.875. The Morgan fingerprint density at radius 3 is 2.61 bits per heavy atom. The first-order chi connectivity index (χ1) is 8.79. The molecule has 3 nitrogen and oxygen atoms in total. The van der Waals surface area contributed by atoms with Gasteiger partial charge in [-0.15, -0.1) is 0 Å². The number of ether oxygens (including phenoxy) is 1. The van der Waals surface area contributed by atoms with Crippen LogP contribution in [0.25, 0.3) is 0 Å². The second-order valence-corrected chi connectivity index (χ2v) is 4.17. The lowest BCUT2D eigenvalue weighted by Crippen LogP contribution is -2.09. The van der Waals surface area contributed by atoms with Gasteiger partial charge in [0.25, 0.3) is 0 Å². The predicted molar refractivity (Wildman–Crippen MR) is 72.5 cm³/mol. The van der Waals surface area contributed by atoms with Crippen LogP contribution in [0.1, 0.15) is 24.3 Å². The van der Waals surface area contributed by atoms with E-state index in [0.717, 1.165) is 17.8 Å². The van der Waals surface area contributed by atoms with Crippen LogP contribution in [0.15, 0.2) is 48.5 Å². The summed E-state index contributed by atoms with van der Waals surface area (Å²) in [4.78, 5) is 4.44. The van der Waals surface area contributed by atoms with Crippen molar-refractivity contribution in [2.45, 2.75) is 19.6 Å². The molecule has 0 radical (unpaired) electrons. The van der Waals surface area contributed by atoms with Gasteiger partial charge in [-0.1, -0.05) is 36.4 Å². The number of aromatic nitrogens is 1. The first-order valence-electron chi connectivity index (χ1n) is 6.11. The lowest BCUT2D eigenvalue weighted by atomic mass is 10.1. The Hall–Kier alpha value is -1.87. The van der Waals surface area contributed by atoms with Crippen LogP contribution in [-0.4, -0.2) is 12.0 Å². The Kier molecular flexibility index (Phi) is 4.31. The molecule has 0 aliphatic heterocycles. The summed E-state index contributed by atoms with van der Waals surface area (Å²) < 4.78 is 5.85. The monoisotopic (exact) mass is 242 g/mol. The van der Waals surface area contributed by atoms with Crippen LogP contribution >= 0.6 is 0 Å². The molecule has 0 saturated carbocycles. The summed E-state index contributed by atoms with van der Waals surface area (Å²) in [6.07, 6.45) is 0.00327. The lowest BCUT2D eigenvalue weighted by Gasteiger charge is -2.14. The minimum Gasteiger partial charge on any atom is -0.470 e. The minimum atomic E-state index is 0.00327. The third-order valence-electron chi connectivity index (χ3n) is 2.71. The predicted octanol–water partition coefficient (Wildman–Crippen LogP) is 2.94. The molecule has 0 fully saturated rings. The third kappa shape index (κ3) is 3.31. The SMILES string of the molecule is CNCc1cccc(OC(C)c2ccccc2)n1. The molecule has 1 aromatic heterocycles. The van der Waals surface area contributed by atoms with E-state index in [-0.39, 0.29) is 6.10 Å². The van der Waals surface area contributed by atoms with E-state index in [2.05, 4.69) is 22.4 Å². The zero-order chi connectivity index (χ0) is 12.8. The summed E-state index contributed by atoms with van der Waals surface area (Å²) in [6, 6.07) is 16.0. The number of hydrogen-bond acceptors (Lipinski definition) is 3. The van der Waals surface area contributed by atoms with Crippen molar-refractivity contribution >= 4 is 0 Å². The summed E-state index contributed by atoms with van der Waals surface area (Å²) >= 11 is 0. The molecule has 0 spiro atoms. The number of benzene rings is 1.